The molecule has 0 saturated carbocycles. The summed E-state index contributed by atoms with van der Waals surface area (Å²) in [5.74, 6) is -0.625. The lowest BCUT2D eigenvalue weighted by Crippen LogP contribution is -2.38. The van der Waals surface area contributed by atoms with Crippen LogP contribution in [0.1, 0.15) is 24.3 Å². The largest absolute Gasteiger partial charge is 0.465 e. The van der Waals surface area contributed by atoms with Crippen molar-refractivity contribution in [1.29, 1.82) is 0 Å². The summed E-state index contributed by atoms with van der Waals surface area (Å²) in [4.78, 5) is 15.3. The number of aromatic nitrogens is 1. The molecular weight excluding hydrogens is 208 g/mol. The summed E-state index contributed by atoms with van der Waals surface area (Å²) in [6.07, 6.45) is 0.406. The van der Waals surface area contributed by atoms with Gasteiger partial charge in [-0.1, -0.05) is 6.07 Å². The number of ether oxygens (including phenoxy) is 1. The molecule has 2 atom stereocenters. The van der Waals surface area contributed by atoms with Gasteiger partial charge in [0.2, 0.25) is 0 Å². The van der Waals surface area contributed by atoms with Crippen molar-refractivity contribution >= 4 is 5.97 Å². The summed E-state index contributed by atoms with van der Waals surface area (Å²) in [5.41, 5.74) is 6.78. The molecule has 0 aliphatic heterocycles. The zero-order valence-corrected chi connectivity index (χ0v) is 9.38. The number of aliphatic hydroxyl groups excluding tert-OH is 1. The summed E-state index contributed by atoms with van der Waals surface area (Å²) < 4.78 is 4.73. The Morgan fingerprint density at radius 1 is 1.69 bits per heavy atom. The quantitative estimate of drug-likeness (QED) is 0.719. The first kappa shape index (κ1) is 12.6. The van der Waals surface area contributed by atoms with Crippen molar-refractivity contribution in [3.63, 3.8) is 0 Å². The summed E-state index contributed by atoms with van der Waals surface area (Å²) >= 11 is 0. The van der Waals surface area contributed by atoms with E-state index in [9.17, 15) is 9.90 Å². The topological polar surface area (TPSA) is 85.4 Å². The molecule has 0 bridgehead atoms. The molecule has 16 heavy (non-hydrogen) atoms. The smallest absolute Gasteiger partial charge is 0.326 e. The van der Waals surface area contributed by atoms with Crippen LogP contribution in [0.15, 0.2) is 18.3 Å². The van der Waals surface area contributed by atoms with Crippen molar-refractivity contribution in [2.45, 2.75) is 26.0 Å². The highest BCUT2D eigenvalue weighted by Gasteiger charge is 2.27. The van der Waals surface area contributed by atoms with Gasteiger partial charge in [0.05, 0.1) is 12.3 Å². The molecule has 1 aromatic heterocycles. The molecule has 0 aromatic carbocycles. The Hall–Kier alpha value is -1.46. The molecule has 1 aromatic rings. The van der Waals surface area contributed by atoms with E-state index in [4.69, 9.17) is 10.5 Å². The summed E-state index contributed by atoms with van der Waals surface area (Å²) in [7, 11) is 0. The van der Waals surface area contributed by atoms with Gasteiger partial charge in [-0.05, 0) is 25.5 Å². The number of nitrogens with two attached hydrogens (primary N) is 1. The second-order valence-electron chi connectivity index (χ2n) is 3.43. The van der Waals surface area contributed by atoms with Crippen LogP contribution in [-0.2, 0) is 9.53 Å². The van der Waals surface area contributed by atoms with E-state index in [0.29, 0.717) is 5.69 Å². The predicted molar refractivity (Wildman–Crippen MR) is 58.5 cm³/mol. The molecule has 88 valence electrons. The highest BCUT2D eigenvalue weighted by molar-refractivity contribution is 5.76. The second kappa shape index (κ2) is 5.58. The fourth-order valence-corrected chi connectivity index (χ4v) is 1.34. The van der Waals surface area contributed by atoms with Gasteiger partial charge in [0.1, 0.15) is 12.1 Å². The molecule has 0 unspecified atom stereocenters. The molecule has 0 saturated heterocycles. The molecule has 0 fully saturated rings. The number of hydrogen-bond donors (Lipinski definition) is 2. The minimum Gasteiger partial charge on any atom is -0.465 e. The number of rotatable bonds is 4. The van der Waals surface area contributed by atoms with Crippen molar-refractivity contribution in [3.8, 4) is 0 Å². The lowest BCUT2D eigenvalue weighted by Gasteiger charge is -2.18. The number of carbonyl (C=O) groups excluding carboxylic acids is 1. The number of pyridine rings is 1. The fourth-order valence-electron chi connectivity index (χ4n) is 1.34. The van der Waals surface area contributed by atoms with Crippen LogP contribution in [-0.4, -0.2) is 28.7 Å². The Kier molecular flexibility index (Phi) is 4.39. The van der Waals surface area contributed by atoms with Crippen LogP contribution < -0.4 is 5.73 Å². The molecule has 5 heteroatoms. The van der Waals surface area contributed by atoms with Gasteiger partial charge in [0.25, 0.3) is 0 Å². The Bertz CT molecular complexity index is 368. The van der Waals surface area contributed by atoms with E-state index in [1.807, 2.05) is 0 Å². The highest BCUT2D eigenvalue weighted by atomic mass is 16.5. The minimum absolute atomic E-state index is 0.237. The molecule has 1 heterocycles. The third kappa shape index (κ3) is 2.77. The maximum Gasteiger partial charge on any atom is 0.326 e. The normalized spacial score (nSPS) is 14.2. The maximum absolute atomic E-state index is 11.3. The predicted octanol–water partition coefficient (Wildman–Crippen LogP) is 0.314. The SMILES string of the molecule is CCOC(=O)[C@H](N)[C@H](O)c1ncccc1C. The molecular formula is C11H16N2O3. The van der Waals surface area contributed by atoms with Crippen molar-refractivity contribution in [1.82, 2.24) is 4.98 Å². The van der Waals surface area contributed by atoms with Gasteiger partial charge >= 0.3 is 5.97 Å². The van der Waals surface area contributed by atoms with Gasteiger partial charge in [-0.2, -0.15) is 0 Å². The van der Waals surface area contributed by atoms with Crippen LogP contribution in [0.5, 0.6) is 0 Å². The summed E-state index contributed by atoms with van der Waals surface area (Å²) in [5, 5.41) is 9.88. The second-order valence-corrected chi connectivity index (χ2v) is 3.43. The number of esters is 1. The van der Waals surface area contributed by atoms with Crippen molar-refractivity contribution < 1.29 is 14.6 Å². The highest BCUT2D eigenvalue weighted by Crippen LogP contribution is 2.17. The van der Waals surface area contributed by atoms with Crippen molar-refractivity contribution in [2.24, 2.45) is 5.73 Å². The van der Waals surface area contributed by atoms with E-state index in [-0.39, 0.29) is 6.61 Å². The van der Waals surface area contributed by atoms with E-state index in [0.717, 1.165) is 5.56 Å². The molecule has 0 amide bonds. The molecule has 3 N–H and O–H groups in total. The summed E-state index contributed by atoms with van der Waals surface area (Å²) in [6, 6.07) is 2.44. The van der Waals surface area contributed by atoms with Crippen LogP contribution in [0.2, 0.25) is 0 Å². The molecule has 0 aliphatic rings. The van der Waals surface area contributed by atoms with Crippen molar-refractivity contribution in [2.75, 3.05) is 6.61 Å². The standard InChI is InChI=1S/C11H16N2O3/c1-3-16-11(15)8(12)10(14)9-7(2)5-4-6-13-9/h4-6,8,10,14H,3,12H2,1-2H3/t8-,10+/m1/s1. The Morgan fingerprint density at radius 3 is 2.94 bits per heavy atom. The monoisotopic (exact) mass is 224 g/mol. The average molecular weight is 224 g/mol. The molecule has 0 spiro atoms. The molecule has 0 radical (unpaired) electrons. The summed E-state index contributed by atoms with van der Waals surface area (Å²) in [6.45, 7) is 3.72. The van der Waals surface area contributed by atoms with Crippen molar-refractivity contribution in [3.05, 3.63) is 29.6 Å². The van der Waals surface area contributed by atoms with Gasteiger partial charge < -0.3 is 15.6 Å². The number of hydrogen-bond acceptors (Lipinski definition) is 5. The first-order valence-electron chi connectivity index (χ1n) is 5.09. The van der Waals surface area contributed by atoms with E-state index in [1.54, 1.807) is 32.2 Å². The molecule has 0 aliphatic carbocycles. The first-order chi connectivity index (χ1) is 7.57. The van der Waals surface area contributed by atoms with Gasteiger partial charge in [-0.25, -0.2) is 0 Å². The van der Waals surface area contributed by atoms with Gasteiger partial charge in [-0.3, -0.25) is 9.78 Å². The van der Waals surface area contributed by atoms with Crippen LogP contribution in [0.25, 0.3) is 0 Å². The fraction of sp³-hybridized carbons (Fsp3) is 0.455. The molecule has 5 nitrogen and oxygen atoms in total. The maximum atomic E-state index is 11.3. The van der Waals surface area contributed by atoms with Crippen LogP contribution in [0.4, 0.5) is 0 Å². The average Bonchev–Trinajstić information content (AvgIpc) is 2.28. The zero-order valence-electron chi connectivity index (χ0n) is 9.38. The lowest BCUT2D eigenvalue weighted by atomic mass is 10.0. The van der Waals surface area contributed by atoms with Crippen LogP contribution in [0.3, 0.4) is 0 Å². The number of carbonyl (C=O) groups is 1. The Morgan fingerprint density at radius 2 is 2.38 bits per heavy atom. The third-order valence-electron chi connectivity index (χ3n) is 2.23. The van der Waals surface area contributed by atoms with Crippen LogP contribution >= 0.6 is 0 Å². The minimum atomic E-state index is -1.14. The number of aliphatic hydroxyl groups is 1. The van der Waals surface area contributed by atoms with Gasteiger partial charge in [0.15, 0.2) is 0 Å². The van der Waals surface area contributed by atoms with E-state index in [1.165, 1.54) is 0 Å². The lowest BCUT2D eigenvalue weighted by molar-refractivity contribution is -0.147. The molecule has 1 rings (SSSR count). The number of nitrogens with zero attached hydrogens (tertiary/aromatic N) is 1. The Balaban J connectivity index is 2.82. The first-order valence-corrected chi connectivity index (χ1v) is 5.09. The Labute approximate surface area is 94.2 Å². The van der Waals surface area contributed by atoms with Gasteiger partial charge in [-0.15, -0.1) is 0 Å². The van der Waals surface area contributed by atoms with Crippen LogP contribution in [0, 0.1) is 6.92 Å². The van der Waals surface area contributed by atoms with Gasteiger partial charge in [0, 0.05) is 6.20 Å². The number of aryl methyl sites for hydroxylation is 1. The zero-order chi connectivity index (χ0) is 12.1. The van der Waals surface area contributed by atoms with E-state index >= 15 is 0 Å². The third-order valence-corrected chi connectivity index (χ3v) is 2.23. The van der Waals surface area contributed by atoms with E-state index in [2.05, 4.69) is 4.98 Å². The van der Waals surface area contributed by atoms with E-state index < -0.39 is 18.1 Å².